The summed E-state index contributed by atoms with van der Waals surface area (Å²) in [7, 11) is 0. The van der Waals surface area contributed by atoms with Gasteiger partial charge in [0.05, 0.1) is 6.10 Å². The van der Waals surface area contributed by atoms with Crippen LogP contribution < -0.4 is 10.6 Å². The summed E-state index contributed by atoms with van der Waals surface area (Å²) < 4.78 is 5.48. The van der Waals surface area contributed by atoms with Crippen LogP contribution in [0.5, 0.6) is 0 Å². The first-order valence-corrected chi connectivity index (χ1v) is 9.21. The van der Waals surface area contributed by atoms with Crippen LogP contribution in [0.2, 0.25) is 0 Å². The van der Waals surface area contributed by atoms with E-state index in [2.05, 4.69) is 17.6 Å². The lowest BCUT2D eigenvalue weighted by atomic mass is 10.0. The number of carbonyl (C=O) groups is 2. The Morgan fingerprint density at radius 2 is 1.96 bits per heavy atom. The number of piperidine rings is 1. The minimum absolute atomic E-state index is 0.0709. The number of hydrogen-bond acceptors (Lipinski definition) is 3. The molecule has 0 saturated carbocycles. The van der Waals surface area contributed by atoms with Crippen molar-refractivity contribution in [3.8, 4) is 0 Å². The number of amides is 3. The van der Waals surface area contributed by atoms with Crippen molar-refractivity contribution in [3.05, 3.63) is 29.8 Å². The van der Waals surface area contributed by atoms with Gasteiger partial charge in [0, 0.05) is 37.0 Å². The van der Waals surface area contributed by atoms with E-state index in [0.29, 0.717) is 23.8 Å². The fraction of sp³-hybridized carbons (Fsp3) is 0.579. The molecule has 25 heavy (non-hydrogen) atoms. The summed E-state index contributed by atoms with van der Waals surface area (Å²) in [6.45, 7) is 4.23. The van der Waals surface area contributed by atoms with Crippen molar-refractivity contribution in [1.29, 1.82) is 0 Å². The lowest BCUT2D eigenvalue weighted by molar-refractivity contribution is 0.0635. The quantitative estimate of drug-likeness (QED) is 0.881. The summed E-state index contributed by atoms with van der Waals surface area (Å²) in [6.07, 6.45) is 5.49. The van der Waals surface area contributed by atoms with Gasteiger partial charge in [-0.3, -0.25) is 4.79 Å². The largest absolute Gasteiger partial charge is 0.376 e. The van der Waals surface area contributed by atoms with Crippen molar-refractivity contribution < 1.29 is 14.3 Å². The predicted octanol–water partition coefficient (Wildman–Crippen LogP) is 3.00. The maximum absolute atomic E-state index is 12.6. The first-order chi connectivity index (χ1) is 12.1. The molecule has 6 heteroatoms. The monoisotopic (exact) mass is 345 g/mol. The fourth-order valence-electron chi connectivity index (χ4n) is 3.45. The van der Waals surface area contributed by atoms with Crippen LogP contribution in [0, 0.1) is 0 Å². The summed E-state index contributed by atoms with van der Waals surface area (Å²) in [5.41, 5.74) is 1.34. The third kappa shape index (κ3) is 4.72. The van der Waals surface area contributed by atoms with E-state index in [9.17, 15) is 9.59 Å². The molecule has 2 fully saturated rings. The van der Waals surface area contributed by atoms with E-state index < -0.39 is 0 Å². The summed E-state index contributed by atoms with van der Waals surface area (Å²) in [6, 6.07) is 7.14. The van der Waals surface area contributed by atoms with Gasteiger partial charge in [-0.1, -0.05) is 0 Å². The molecule has 2 saturated heterocycles. The van der Waals surface area contributed by atoms with Crippen LogP contribution in [0.15, 0.2) is 24.3 Å². The van der Waals surface area contributed by atoms with E-state index in [4.69, 9.17) is 4.74 Å². The van der Waals surface area contributed by atoms with Gasteiger partial charge in [0.15, 0.2) is 0 Å². The van der Waals surface area contributed by atoms with Gasteiger partial charge in [0.25, 0.3) is 5.91 Å². The molecular formula is C19H27N3O3. The molecule has 1 aromatic rings. The molecule has 0 aliphatic carbocycles. The maximum atomic E-state index is 12.6. The highest BCUT2D eigenvalue weighted by molar-refractivity contribution is 5.95. The van der Waals surface area contributed by atoms with Crippen molar-refractivity contribution in [2.45, 2.75) is 51.2 Å². The molecule has 2 N–H and O–H groups in total. The SMILES string of the molecule is CC1CCCCN1C(=O)c1ccc(NC(=O)NCC2CCCO2)cc1. The van der Waals surface area contributed by atoms with Gasteiger partial charge in [-0.2, -0.15) is 0 Å². The topological polar surface area (TPSA) is 70.7 Å². The first kappa shape index (κ1) is 17.7. The number of carbonyl (C=O) groups excluding carboxylic acids is 2. The molecule has 3 amide bonds. The smallest absolute Gasteiger partial charge is 0.319 e. The minimum atomic E-state index is -0.251. The first-order valence-electron chi connectivity index (χ1n) is 9.21. The maximum Gasteiger partial charge on any atom is 0.319 e. The summed E-state index contributed by atoms with van der Waals surface area (Å²) >= 11 is 0. The minimum Gasteiger partial charge on any atom is -0.376 e. The molecule has 0 aromatic heterocycles. The molecule has 0 radical (unpaired) electrons. The highest BCUT2D eigenvalue weighted by Crippen LogP contribution is 2.20. The standard InChI is InChI=1S/C19H27N3O3/c1-14-5-2-3-11-22(14)18(23)15-7-9-16(10-8-15)21-19(24)20-13-17-6-4-12-25-17/h7-10,14,17H,2-6,11-13H2,1H3,(H2,20,21,24). The van der Waals surface area contributed by atoms with Crippen molar-refractivity contribution in [3.63, 3.8) is 0 Å². The Balaban J connectivity index is 1.51. The molecule has 3 rings (SSSR count). The van der Waals surface area contributed by atoms with E-state index in [1.165, 1.54) is 6.42 Å². The summed E-state index contributed by atoms with van der Waals surface area (Å²) in [4.78, 5) is 26.5. The lowest BCUT2D eigenvalue weighted by Gasteiger charge is -2.33. The lowest BCUT2D eigenvalue weighted by Crippen LogP contribution is -2.42. The van der Waals surface area contributed by atoms with E-state index in [-0.39, 0.29) is 18.0 Å². The number of hydrogen-bond donors (Lipinski definition) is 2. The summed E-state index contributed by atoms with van der Waals surface area (Å²) in [5.74, 6) is 0.0709. The normalized spacial score (nSPS) is 23.3. The second-order valence-electron chi connectivity index (χ2n) is 6.89. The van der Waals surface area contributed by atoms with Crippen LogP contribution in [0.1, 0.15) is 49.4 Å². The second-order valence-corrected chi connectivity index (χ2v) is 6.89. The highest BCUT2D eigenvalue weighted by atomic mass is 16.5. The van der Waals surface area contributed by atoms with Crippen molar-refractivity contribution in [2.75, 3.05) is 25.0 Å². The zero-order chi connectivity index (χ0) is 17.6. The van der Waals surface area contributed by atoms with Gasteiger partial charge in [0.1, 0.15) is 0 Å². The Bertz CT molecular complexity index is 596. The van der Waals surface area contributed by atoms with E-state index in [1.54, 1.807) is 24.3 Å². The van der Waals surface area contributed by atoms with Crippen LogP contribution in [0.25, 0.3) is 0 Å². The Kier molecular flexibility index (Phi) is 5.91. The Labute approximate surface area is 148 Å². The fourth-order valence-corrected chi connectivity index (χ4v) is 3.45. The molecular weight excluding hydrogens is 318 g/mol. The number of urea groups is 1. The molecule has 2 aliphatic heterocycles. The number of anilines is 1. The Hall–Kier alpha value is -2.08. The van der Waals surface area contributed by atoms with Gasteiger partial charge in [-0.05, 0) is 63.3 Å². The van der Waals surface area contributed by atoms with Gasteiger partial charge in [-0.25, -0.2) is 4.79 Å². The Morgan fingerprint density at radius 3 is 2.64 bits per heavy atom. The number of nitrogens with zero attached hydrogens (tertiary/aromatic N) is 1. The summed E-state index contributed by atoms with van der Waals surface area (Å²) in [5, 5.41) is 5.61. The number of likely N-dealkylation sites (tertiary alicyclic amines) is 1. The average molecular weight is 345 g/mol. The highest BCUT2D eigenvalue weighted by Gasteiger charge is 2.24. The number of rotatable bonds is 4. The molecule has 2 heterocycles. The van der Waals surface area contributed by atoms with E-state index >= 15 is 0 Å². The molecule has 2 atom stereocenters. The number of benzene rings is 1. The molecule has 6 nitrogen and oxygen atoms in total. The van der Waals surface area contributed by atoms with Crippen LogP contribution in [0.3, 0.4) is 0 Å². The van der Waals surface area contributed by atoms with Crippen LogP contribution >= 0.6 is 0 Å². The molecule has 1 aromatic carbocycles. The van der Waals surface area contributed by atoms with Crippen molar-refractivity contribution >= 4 is 17.6 Å². The zero-order valence-corrected chi connectivity index (χ0v) is 14.8. The second kappa shape index (κ2) is 8.34. The predicted molar refractivity (Wildman–Crippen MR) is 96.8 cm³/mol. The number of ether oxygens (including phenoxy) is 1. The van der Waals surface area contributed by atoms with E-state index in [1.807, 2.05) is 4.90 Å². The molecule has 2 aliphatic rings. The molecule has 0 bridgehead atoms. The molecule has 0 spiro atoms. The van der Waals surface area contributed by atoms with E-state index in [0.717, 1.165) is 38.8 Å². The van der Waals surface area contributed by atoms with Crippen molar-refractivity contribution in [1.82, 2.24) is 10.2 Å². The zero-order valence-electron chi connectivity index (χ0n) is 14.8. The third-order valence-corrected chi connectivity index (χ3v) is 4.97. The average Bonchev–Trinajstić information content (AvgIpc) is 3.14. The third-order valence-electron chi connectivity index (χ3n) is 4.97. The van der Waals surface area contributed by atoms with Gasteiger partial charge in [0.2, 0.25) is 0 Å². The van der Waals surface area contributed by atoms with Crippen LogP contribution in [-0.2, 0) is 4.74 Å². The van der Waals surface area contributed by atoms with Gasteiger partial charge in [-0.15, -0.1) is 0 Å². The number of nitrogens with one attached hydrogen (secondary N) is 2. The van der Waals surface area contributed by atoms with Crippen LogP contribution in [0.4, 0.5) is 10.5 Å². The van der Waals surface area contributed by atoms with Crippen LogP contribution in [-0.4, -0.2) is 48.7 Å². The molecule has 2 unspecified atom stereocenters. The van der Waals surface area contributed by atoms with Gasteiger partial charge < -0.3 is 20.3 Å². The van der Waals surface area contributed by atoms with Crippen molar-refractivity contribution in [2.24, 2.45) is 0 Å². The Morgan fingerprint density at radius 1 is 1.16 bits per heavy atom. The van der Waals surface area contributed by atoms with Gasteiger partial charge >= 0.3 is 6.03 Å². The molecule has 136 valence electrons.